The number of nitrogens with one attached hydrogen (secondary N) is 2. The van der Waals surface area contributed by atoms with Crippen molar-refractivity contribution in [2.24, 2.45) is 5.92 Å². The first-order chi connectivity index (χ1) is 14.2. The van der Waals surface area contributed by atoms with Gasteiger partial charge in [-0.2, -0.15) is 16.5 Å². The van der Waals surface area contributed by atoms with E-state index in [4.69, 9.17) is 9.47 Å². The molecule has 1 aromatic carbocycles. The molecule has 2 rings (SSSR count). The highest BCUT2D eigenvalue weighted by molar-refractivity contribution is 7.98. The number of hydrogen-bond donors (Lipinski definition) is 2. The van der Waals surface area contributed by atoms with E-state index in [9.17, 15) is 13.2 Å². The van der Waals surface area contributed by atoms with E-state index in [1.807, 2.05) is 13.2 Å². The third kappa shape index (κ3) is 7.67. The second kappa shape index (κ2) is 11.8. The van der Waals surface area contributed by atoms with Crippen molar-refractivity contribution in [1.82, 2.24) is 10.0 Å². The molecule has 170 valence electrons. The standard InChI is InChI=1S/C21H34N2O5S2/c1-15(2)6-5-7-16(3)22-21(24)18(10-13-29-4)23-30(25,26)17-8-9-19-20(14-17)28-12-11-27-19/h8-9,14-16,18,23H,5-7,10-13H2,1-4H3,(H,22,24)/t16-,18-/m1/s1. The molecule has 7 nitrogen and oxygen atoms in total. The molecule has 2 N–H and O–H groups in total. The molecule has 0 saturated carbocycles. The quantitative estimate of drug-likeness (QED) is 0.500. The number of carbonyl (C=O) groups is 1. The van der Waals surface area contributed by atoms with Crippen LogP contribution in [-0.2, 0) is 14.8 Å². The zero-order valence-electron chi connectivity index (χ0n) is 18.3. The monoisotopic (exact) mass is 458 g/mol. The number of sulfonamides is 1. The molecule has 0 bridgehead atoms. The van der Waals surface area contributed by atoms with Crippen LogP contribution in [0.1, 0.15) is 46.5 Å². The minimum Gasteiger partial charge on any atom is -0.486 e. The minimum absolute atomic E-state index is 0.00757. The molecule has 1 amide bonds. The van der Waals surface area contributed by atoms with Crippen LogP contribution in [0.3, 0.4) is 0 Å². The second-order valence-corrected chi connectivity index (χ2v) is 10.7. The van der Waals surface area contributed by atoms with Gasteiger partial charge in [-0.25, -0.2) is 8.42 Å². The number of benzene rings is 1. The lowest BCUT2D eigenvalue weighted by molar-refractivity contribution is -0.123. The van der Waals surface area contributed by atoms with E-state index in [0.29, 0.717) is 42.8 Å². The average molecular weight is 459 g/mol. The molecule has 1 aliphatic rings. The molecule has 2 atom stereocenters. The zero-order valence-corrected chi connectivity index (χ0v) is 19.9. The Morgan fingerprint density at radius 1 is 1.10 bits per heavy atom. The summed E-state index contributed by atoms with van der Waals surface area (Å²) in [5.41, 5.74) is 0. The van der Waals surface area contributed by atoms with Gasteiger partial charge in [0, 0.05) is 12.1 Å². The topological polar surface area (TPSA) is 93.7 Å². The molecule has 0 saturated heterocycles. The van der Waals surface area contributed by atoms with Crippen LogP contribution in [0.2, 0.25) is 0 Å². The maximum absolute atomic E-state index is 12.9. The van der Waals surface area contributed by atoms with E-state index >= 15 is 0 Å². The van der Waals surface area contributed by atoms with Gasteiger partial charge in [-0.3, -0.25) is 4.79 Å². The number of ether oxygens (including phenoxy) is 2. The number of thioether (sulfide) groups is 1. The van der Waals surface area contributed by atoms with E-state index in [-0.39, 0.29) is 16.8 Å². The van der Waals surface area contributed by atoms with Gasteiger partial charge in [0.1, 0.15) is 19.3 Å². The number of fused-ring (bicyclic) bond motifs is 1. The number of carbonyl (C=O) groups excluding carboxylic acids is 1. The molecule has 0 spiro atoms. The van der Waals surface area contributed by atoms with Gasteiger partial charge in [-0.1, -0.05) is 26.7 Å². The Hall–Kier alpha value is -1.45. The van der Waals surface area contributed by atoms with Gasteiger partial charge in [0.25, 0.3) is 0 Å². The van der Waals surface area contributed by atoms with Crippen molar-refractivity contribution in [3.05, 3.63) is 18.2 Å². The van der Waals surface area contributed by atoms with Crippen LogP contribution in [0.4, 0.5) is 0 Å². The lowest BCUT2D eigenvalue weighted by atomic mass is 10.0. The van der Waals surface area contributed by atoms with Crippen molar-refractivity contribution in [1.29, 1.82) is 0 Å². The maximum atomic E-state index is 12.9. The summed E-state index contributed by atoms with van der Waals surface area (Å²) in [6, 6.07) is 3.65. The van der Waals surface area contributed by atoms with Gasteiger partial charge in [-0.15, -0.1) is 0 Å². The van der Waals surface area contributed by atoms with Crippen LogP contribution in [0.25, 0.3) is 0 Å². The predicted molar refractivity (Wildman–Crippen MR) is 121 cm³/mol. The maximum Gasteiger partial charge on any atom is 0.241 e. The Morgan fingerprint density at radius 3 is 2.47 bits per heavy atom. The summed E-state index contributed by atoms with van der Waals surface area (Å²) in [4.78, 5) is 12.9. The van der Waals surface area contributed by atoms with Gasteiger partial charge in [-0.05, 0) is 49.8 Å². The summed E-state index contributed by atoms with van der Waals surface area (Å²) >= 11 is 1.57. The molecule has 0 aromatic heterocycles. The van der Waals surface area contributed by atoms with Crippen LogP contribution >= 0.6 is 11.8 Å². The van der Waals surface area contributed by atoms with Crippen molar-refractivity contribution in [2.75, 3.05) is 25.2 Å². The fourth-order valence-electron chi connectivity index (χ4n) is 3.17. The van der Waals surface area contributed by atoms with Crippen molar-refractivity contribution in [2.45, 2.75) is 63.4 Å². The number of amides is 1. The first kappa shape index (κ1) is 24.8. The smallest absolute Gasteiger partial charge is 0.241 e. The Labute approximate surface area is 184 Å². The summed E-state index contributed by atoms with van der Waals surface area (Å²) < 4.78 is 39.4. The molecule has 9 heteroatoms. The summed E-state index contributed by atoms with van der Waals surface area (Å²) in [7, 11) is -3.89. The first-order valence-electron chi connectivity index (χ1n) is 10.4. The fraction of sp³-hybridized carbons (Fsp3) is 0.667. The van der Waals surface area contributed by atoms with Gasteiger partial charge in [0.2, 0.25) is 15.9 Å². The van der Waals surface area contributed by atoms with E-state index in [1.165, 1.54) is 12.1 Å². The lowest BCUT2D eigenvalue weighted by Gasteiger charge is -2.22. The third-order valence-corrected chi connectivity index (χ3v) is 6.97. The molecular formula is C21H34N2O5S2. The predicted octanol–water partition coefficient (Wildman–Crippen LogP) is 3.19. The van der Waals surface area contributed by atoms with Crippen LogP contribution in [0.15, 0.2) is 23.1 Å². The number of hydrogen-bond acceptors (Lipinski definition) is 6. The Kier molecular flexibility index (Phi) is 9.77. The van der Waals surface area contributed by atoms with Crippen LogP contribution in [-0.4, -0.2) is 51.6 Å². The molecule has 0 aliphatic carbocycles. The van der Waals surface area contributed by atoms with Gasteiger partial charge in [0.15, 0.2) is 11.5 Å². The highest BCUT2D eigenvalue weighted by atomic mass is 32.2. The van der Waals surface area contributed by atoms with Gasteiger partial charge < -0.3 is 14.8 Å². The summed E-state index contributed by atoms with van der Waals surface area (Å²) in [5.74, 6) is 1.92. The molecular weight excluding hydrogens is 424 g/mol. The van der Waals surface area contributed by atoms with Gasteiger partial charge >= 0.3 is 0 Å². The number of rotatable bonds is 12. The average Bonchev–Trinajstić information content (AvgIpc) is 2.70. The summed E-state index contributed by atoms with van der Waals surface area (Å²) in [6.45, 7) is 7.11. The summed E-state index contributed by atoms with van der Waals surface area (Å²) in [6.07, 6.45) is 5.34. The molecule has 1 aromatic rings. The SMILES string of the molecule is CSCC[C@@H](NS(=O)(=O)c1ccc2c(c1)OCCO2)C(=O)N[C@H](C)CCCC(C)C. The molecule has 30 heavy (non-hydrogen) atoms. The second-order valence-electron chi connectivity index (χ2n) is 8.00. The third-order valence-electron chi connectivity index (χ3n) is 4.86. The van der Waals surface area contributed by atoms with Crippen LogP contribution in [0, 0.1) is 5.92 Å². The van der Waals surface area contributed by atoms with Crippen molar-refractivity contribution >= 4 is 27.7 Å². The lowest BCUT2D eigenvalue weighted by Crippen LogP contribution is -2.49. The Balaban J connectivity index is 2.05. The van der Waals surface area contributed by atoms with E-state index in [2.05, 4.69) is 23.9 Å². The van der Waals surface area contributed by atoms with E-state index < -0.39 is 16.1 Å². The molecule has 0 radical (unpaired) electrons. The molecule has 1 heterocycles. The first-order valence-corrected chi connectivity index (χ1v) is 13.3. The normalized spacial score (nSPS) is 15.6. The fourth-order valence-corrected chi connectivity index (χ4v) is 4.89. The van der Waals surface area contributed by atoms with E-state index in [1.54, 1.807) is 17.8 Å². The van der Waals surface area contributed by atoms with Crippen LogP contribution < -0.4 is 19.5 Å². The highest BCUT2D eigenvalue weighted by Crippen LogP contribution is 2.32. The Morgan fingerprint density at radius 2 is 1.80 bits per heavy atom. The zero-order chi connectivity index (χ0) is 22.1. The highest BCUT2D eigenvalue weighted by Gasteiger charge is 2.27. The molecule has 0 fully saturated rings. The molecule has 1 aliphatic heterocycles. The van der Waals surface area contributed by atoms with Crippen LogP contribution in [0.5, 0.6) is 11.5 Å². The van der Waals surface area contributed by atoms with Crippen molar-refractivity contribution < 1.29 is 22.7 Å². The molecule has 0 unspecified atom stereocenters. The van der Waals surface area contributed by atoms with Crippen molar-refractivity contribution in [3.8, 4) is 11.5 Å². The van der Waals surface area contributed by atoms with E-state index in [0.717, 1.165) is 19.3 Å². The minimum atomic E-state index is -3.89. The largest absolute Gasteiger partial charge is 0.486 e. The summed E-state index contributed by atoms with van der Waals surface area (Å²) in [5, 5.41) is 2.97. The van der Waals surface area contributed by atoms with Crippen molar-refractivity contribution in [3.63, 3.8) is 0 Å². The Bertz CT molecular complexity index is 799. The van der Waals surface area contributed by atoms with Gasteiger partial charge in [0.05, 0.1) is 4.90 Å².